The molecule has 0 spiro atoms. The Morgan fingerprint density at radius 2 is 2.17 bits per heavy atom. The lowest BCUT2D eigenvalue weighted by Gasteiger charge is -2.32. The molecule has 0 aromatic heterocycles. The molecule has 1 aliphatic heterocycles. The number of anilines is 1. The van der Waals surface area contributed by atoms with Crippen molar-refractivity contribution < 1.29 is 19.1 Å². The first kappa shape index (κ1) is 17.4. The molecular formula is C17H24N2O4. The number of aryl methyl sites for hydroxylation is 1. The molecule has 1 saturated heterocycles. The fraction of sp³-hybridized carbons (Fsp3) is 0.529. The van der Waals surface area contributed by atoms with Gasteiger partial charge in [0.05, 0.1) is 12.7 Å². The number of benzene rings is 1. The molecule has 0 radical (unpaired) electrons. The Morgan fingerprint density at radius 1 is 1.39 bits per heavy atom. The molecule has 1 heterocycles. The van der Waals surface area contributed by atoms with Crippen molar-refractivity contribution in [3.8, 4) is 0 Å². The van der Waals surface area contributed by atoms with E-state index < -0.39 is 0 Å². The van der Waals surface area contributed by atoms with Crippen LogP contribution in [0.25, 0.3) is 0 Å². The highest BCUT2D eigenvalue weighted by Gasteiger charge is 2.25. The number of nitrogens with zero attached hydrogens (tertiary/aromatic N) is 1. The molecule has 1 atom stereocenters. The summed E-state index contributed by atoms with van der Waals surface area (Å²) in [5.41, 5.74) is 1.71. The van der Waals surface area contributed by atoms with E-state index in [2.05, 4.69) is 5.32 Å². The molecule has 6 heteroatoms. The SMILES string of the molecule is COCC[C@H]1CN(C(=O)CC(=O)Nc2ccccc2C)CCO1. The van der Waals surface area contributed by atoms with Crippen LogP contribution in [0.4, 0.5) is 5.69 Å². The molecule has 1 fully saturated rings. The van der Waals surface area contributed by atoms with E-state index in [-0.39, 0.29) is 24.3 Å². The highest BCUT2D eigenvalue weighted by molar-refractivity contribution is 6.03. The van der Waals surface area contributed by atoms with Gasteiger partial charge >= 0.3 is 0 Å². The Kier molecular flexibility index (Phi) is 6.55. The number of nitrogens with one attached hydrogen (secondary N) is 1. The highest BCUT2D eigenvalue weighted by atomic mass is 16.5. The molecule has 2 amide bonds. The van der Waals surface area contributed by atoms with Gasteiger partial charge in [-0.15, -0.1) is 0 Å². The van der Waals surface area contributed by atoms with E-state index in [0.29, 0.717) is 26.3 Å². The molecule has 1 aliphatic rings. The Morgan fingerprint density at radius 3 is 2.91 bits per heavy atom. The van der Waals surface area contributed by atoms with E-state index in [1.165, 1.54) is 0 Å². The van der Waals surface area contributed by atoms with Crippen LogP contribution in [-0.4, -0.2) is 56.2 Å². The number of rotatable bonds is 6. The van der Waals surface area contributed by atoms with E-state index in [9.17, 15) is 9.59 Å². The summed E-state index contributed by atoms with van der Waals surface area (Å²) >= 11 is 0. The molecule has 0 aliphatic carbocycles. The molecule has 2 rings (SSSR count). The predicted molar refractivity (Wildman–Crippen MR) is 87.2 cm³/mol. The first-order valence-electron chi connectivity index (χ1n) is 7.84. The quantitative estimate of drug-likeness (QED) is 0.808. The summed E-state index contributed by atoms with van der Waals surface area (Å²) in [5.74, 6) is -0.453. The van der Waals surface area contributed by atoms with Crippen molar-refractivity contribution in [2.45, 2.75) is 25.9 Å². The number of methoxy groups -OCH3 is 1. The van der Waals surface area contributed by atoms with Gasteiger partial charge in [-0.1, -0.05) is 18.2 Å². The van der Waals surface area contributed by atoms with Gasteiger partial charge in [0.2, 0.25) is 11.8 Å². The second kappa shape index (κ2) is 8.64. The van der Waals surface area contributed by atoms with Crippen LogP contribution in [-0.2, 0) is 19.1 Å². The second-order valence-electron chi connectivity index (χ2n) is 5.65. The third kappa shape index (κ3) is 5.33. The average Bonchev–Trinajstić information content (AvgIpc) is 2.55. The molecule has 1 aromatic carbocycles. The second-order valence-corrected chi connectivity index (χ2v) is 5.65. The summed E-state index contributed by atoms with van der Waals surface area (Å²) in [5, 5.41) is 2.79. The van der Waals surface area contributed by atoms with Crippen LogP contribution in [0.15, 0.2) is 24.3 Å². The number of para-hydroxylation sites is 1. The fourth-order valence-electron chi connectivity index (χ4n) is 2.53. The van der Waals surface area contributed by atoms with Crippen LogP contribution >= 0.6 is 0 Å². The molecule has 6 nitrogen and oxygen atoms in total. The van der Waals surface area contributed by atoms with Gasteiger partial charge in [-0.25, -0.2) is 0 Å². The standard InChI is InChI=1S/C17H24N2O4/c1-13-5-3-4-6-15(13)18-16(20)11-17(21)19-8-10-23-14(12-19)7-9-22-2/h3-6,14H,7-12H2,1-2H3,(H,18,20)/t14-/m0/s1. The number of carbonyl (C=O) groups excluding carboxylic acids is 2. The lowest BCUT2D eigenvalue weighted by molar-refractivity contribution is -0.141. The van der Waals surface area contributed by atoms with Gasteiger partial charge in [0.1, 0.15) is 6.42 Å². The predicted octanol–water partition coefficient (Wildman–Crippen LogP) is 1.59. The van der Waals surface area contributed by atoms with E-state index in [1.54, 1.807) is 12.0 Å². The monoisotopic (exact) mass is 320 g/mol. The first-order valence-corrected chi connectivity index (χ1v) is 7.84. The van der Waals surface area contributed by atoms with Crippen molar-refractivity contribution in [1.29, 1.82) is 0 Å². The Bertz CT molecular complexity index is 547. The van der Waals surface area contributed by atoms with Crippen molar-refractivity contribution in [3.63, 3.8) is 0 Å². The molecule has 0 unspecified atom stereocenters. The van der Waals surface area contributed by atoms with Crippen molar-refractivity contribution in [2.75, 3.05) is 38.7 Å². The Labute approximate surface area is 136 Å². The minimum Gasteiger partial charge on any atom is -0.385 e. The average molecular weight is 320 g/mol. The zero-order chi connectivity index (χ0) is 16.7. The van der Waals surface area contributed by atoms with Crippen molar-refractivity contribution in [3.05, 3.63) is 29.8 Å². The third-order valence-electron chi connectivity index (χ3n) is 3.87. The van der Waals surface area contributed by atoms with Crippen LogP contribution in [0.1, 0.15) is 18.4 Å². The maximum absolute atomic E-state index is 12.3. The molecule has 23 heavy (non-hydrogen) atoms. The molecule has 1 N–H and O–H groups in total. The Hall–Kier alpha value is -1.92. The topological polar surface area (TPSA) is 67.9 Å². The van der Waals surface area contributed by atoms with Gasteiger partial charge in [0.25, 0.3) is 0 Å². The number of carbonyl (C=O) groups is 2. The molecule has 0 saturated carbocycles. The number of ether oxygens (including phenoxy) is 2. The summed E-state index contributed by atoms with van der Waals surface area (Å²) in [7, 11) is 1.64. The molecule has 1 aromatic rings. The van der Waals surface area contributed by atoms with Crippen LogP contribution in [0.5, 0.6) is 0 Å². The summed E-state index contributed by atoms with van der Waals surface area (Å²) in [6, 6.07) is 7.50. The number of hydrogen-bond acceptors (Lipinski definition) is 4. The van der Waals surface area contributed by atoms with Gasteiger partial charge < -0.3 is 19.7 Å². The summed E-state index contributed by atoms with van der Waals surface area (Å²) in [4.78, 5) is 26.0. The maximum atomic E-state index is 12.3. The molecular weight excluding hydrogens is 296 g/mol. The van der Waals surface area contributed by atoms with Gasteiger partial charge in [-0.05, 0) is 25.0 Å². The summed E-state index contributed by atoms with van der Waals surface area (Å²) in [6.45, 7) is 4.06. The zero-order valence-corrected chi connectivity index (χ0v) is 13.7. The third-order valence-corrected chi connectivity index (χ3v) is 3.87. The minimum absolute atomic E-state index is 0.0212. The minimum atomic E-state index is -0.288. The summed E-state index contributed by atoms with van der Waals surface area (Å²) in [6.07, 6.45) is 0.577. The number of morpholine rings is 1. The summed E-state index contributed by atoms with van der Waals surface area (Å²) < 4.78 is 10.6. The molecule has 0 bridgehead atoms. The van der Waals surface area contributed by atoms with Gasteiger partial charge in [-0.2, -0.15) is 0 Å². The van der Waals surface area contributed by atoms with E-state index in [0.717, 1.165) is 17.7 Å². The van der Waals surface area contributed by atoms with E-state index in [1.807, 2.05) is 31.2 Å². The molecule has 126 valence electrons. The number of hydrogen-bond donors (Lipinski definition) is 1. The van der Waals surface area contributed by atoms with Crippen LogP contribution in [0.3, 0.4) is 0 Å². The lowest BCUT2D eigenvalue weighted by atomic mass is 10.2. The van der Waals surface area contributed by atoms with Crippen molar-refractivity contribution in [1.82, 2.24) is 4.90 Å². The van der Waals surface area contributed by atoms with Gasteiger partial charge in [0.15, 0.2) is 0 Å². The van der Waals surface area contributed by atoms with Crippen LogP contribution < -0.4 is 5.32 Å². The smallest absolute Gasteiger partial charge is 0.233 e. The maximum Gasteiger partial charge on any atom is 0.233 e. The van der Waals surface area contributed by atoms with Gasteiger partial charge in [-0.3, -0.25) is 9.59 Å². The normalized spacial score (nSPS) is 17.8. The highest BCUT2D eigenvalue weighted by Crippen LogP contribution is 2.14. The van der Waals surface area contributed by atoms with Crippen LogP contribution in [0.2, 0.25) is 0 Å². The lowest BCUT2D eigenvalue weighted by Crippen LogP contribution is -2.46. The Balaban J connectivity index is 1.83. The van der Waals surface area contributed by atoms with Crippen LogP contribution in [0, 0.1) is 6.92 Å². The van der Waals surface area contributed by atoms with Crippen molar-refractivity contribution in [2.24, 2.45) is 0 Å². The first-order chi connectivity index (χ1) is 11.1. The van der Waals surface area contributed by atoms with Gasteiger partial charge in [0, 0.05) is 32.5 Å². The van der Waals surface area contributed by atoms with E-state index >= 15 is 0 Å². The number of amides is 2. The fourth-order valence-corrected chi connectivity index (χ4v) is 2.53. The zero-order valence-electron chi connectivity index (χ0n) is 13.7. The largest absolute Gasteiger partial charge is 0.385 e. The van der Waals surface area contributed by atoms with E-state index in [4.69, 9.17) is 9.47 Å². The van der Waals surface area contributed by atoms with Crippen molar-refractivity contribution >= 4 is 17.5 Å².